The molecule has 1 aromatic heterocycles. The van der Waals surface area contributed by atoms with Crippen molar-refractivity contribution in [3.05, 3.63) is 58.7 Å². The molecule has 1 saturated heterocycles. The van der Waals surface area contributed by atoms with Crippen LogP contribution in [0.4, 0.5) is 14.5 Å². The number of ether oxygens (including phenoxy) is 1. The van der Waals surface area contributed by atoms with E-state index in [-0.39, 0.29) is 36.0 Å². The highest BCUT2D eigenvalue weighted by Gasteiger charge is 2.57. The fourth-order valence-corrected chi connectivity index (χ4v) is 5.77. The molecule has 3 atom stereocenters. The normalized spacial score (nSPS) is 22.4. The van der Waals surface area contributed by atoms with E-state index in [1.807, 2.05) is 6.07 Å². The van der Waals surface area contributed by atoms with Crippen LogP contribution < -0.4 is 10.1 Å². The van der Waals surface area contributed by atoms with E-state index in [0.29, 0.717) is 23.0 Å². The van der Waals surface area contributed by atoms with Crippen molar-refractivity contribution in [1.82, 2.24) is 14.8 Å². The SMILES string of the molecule is CN(C(=O)c1cc2cccc(Cl)c2[nH]1)[C@@H](CC1CC1)C(=O)N1C[C@@]2(C[C@H]1C#N)Oc1cc(F)cc(F)c1NC2=O. The molecule has 12 heteroatoms. The van der Waals surface area contributed by atoms with Crippen LogP contribution in [0.5, 0.6) is 5.75 Å². The molecule has 2 N–H and O–H groups in total. The number of hydrogen-bond acceptors (Lipinski definition) is 5. The molecule has 1 spiro atoms. The maximum atomic E-state index is 14.3. The molecule has 40 heavy (non-hydrogen) atoms. The highest BCUT2D eigenvalue weighted by molar-refractivity contribution is 6.35. The highest BCUT2D eigenvalue weighted by atomic mass is 35.5. The third-order valence-electron chi connectivity index (χ3n) is 7.90. The number of anilines is 1. The van der Waals surface area contributed by atoms with Crippen molar-refractivity contribution < 1.29 is 27.9 Å². The summed E-state index contributed by atoms with van der Waals surface area (Å²) in [5.41, 5.74) is -1.16. The first-order chi connectivity index (χ1) is 19.1. The molecule has 0 radical (unpaired) electrons. The fraction of sp³-hybridized carbons (Fsp3) is 0.357. The Morgan fingerprint density at radius 1 is 1.30 bits per heavy atom. The van der Waals surface area contributed by atoms with Gasteiger partial charge in [0.05, 0.1) is 23.2 Å². The van der Waals surface area contributed by atoms with Gasteiger partial charge in [0.1, 0.15) is 29.3 Å². The lowest BCUT2D eigenvalue weighted by Crippen LogP contribution is -2.55. The van der Waals surface area contributed by atoms with E-state index < -0.39 is 47.0 Å². The van der Waals surface area contributed by atoms with Gasteiger partial charge >= 0.3 is 0 Å². The van der Waals surface area contributed by atoms with Crippen LogP contribution in [0.25, 0.3) is 10.9 Å². The van der Waals surface area contributed by atoms with Crippen LogP contribution in [-0.2, 0) is 9.59 Å². The van der Waals surface area contributed by atoms with Crippen molar-refractivity contribution in [2.75, 3.05) is 18.9 Å². The minimum atomic E-state index is -1.72. The zero-order valence-corrected chi connectivity index (χ0v) is 22.1. The number of fused-ring (bicyclic) bond motifs is 2. The van der Waals surface area contributed by atoms with E-state index in [0.717, 1.165) is 24.3 Å². The van der Waals surface area contributed by atoms with Gasteiger partial charge in [-0.3, -0.25) is 14.4 Å². The molecule has 1 aliphatic carbocycles. The topological polar surface area (TPSA) is 119 Å². The van der Waals surface area contributed by atoms with Crippen LogP contribution in [0.2, 0.25) is 5.02 Å². The average Bonchev–Trinajstić information content (AvgIpc) is 3.50. The average molecular weight is 568 g/mol. The van der Waals surface area contributed by atoms with Crippen molar-refractivity contribution in [1.29, 1.82) is 5.26 Å². The Hall–Kier alpha value is -4.17. The monoisotopic (exact) mass is 567 g/mol. The predicted molar refractivity (Wildman–Crippen MR) is 141 cm³/mol. The molecule has 0 bridgehead atoms. The summed E-state index contributed by atoms with van der Waals surface area (Å²) in [4.78, 5) is 46.3. The lowest BCUT2D eigenvalue weighted by molar-refractivity contribution is -0.138. The summed E-state index contributed by atoms with van der Waals surface area (Å²) >= 11 is 6.26. The maximum Gasteiger partial charge on any atom is 0.270 e. The number of aromatic amines is 1. The summed E-state index contributed by atoms with van der Waals surface area (Å²) in [6.45, 7) is -0.321. The zero-order chi connectivity index (χ0) is 28.3. The standard InChI is InChI=1S/C28H24ClF2N5O4/c1-35(25(37)20-8-15-3-2-4-18(29)23(15)33-20)21(7-14-5-6-14)26(38)36-13-28(11-17(36)12-32)27(39)34-24-19(31)9-16(30)10-22(24)40-28/h2-4,8-10,14,17,21,33H,5-7,11,13H2,1H3,(H,34,39)/t17-,21-,28+/m0/s1. The van der Waals surface area contributed by atoms with Crippen LogP contribution in [0.1, 0.15) is 36.2 Å². The van der Waals surface area contributed by atoms with Gasteiger partial charge in [-0.15, -0.1) is 0 Å². The molecule has 6 rings (SSSR count). The number of amides is 3. The molecule has 1 saturated carbocycles. The summed E-state index contributed by atoms with van der Waals surface area (Å²) in [6, 6.07) is 8.60. The van der Waals surface area contributed by atoms with E-state index in [1.54, 1.807) is 18.2 Å². The lowest BCUT2D eigenvalue weighted by Gasteiger charge is -2.35. The number of rotatable bonds is 5. The highest BCUT2D eigenvalue weighted by Crippen LogP contribution is 2.43. The molecule has 9 nitrogen and oxygen atoms in total. The number of likely N-dealkylation sites (N-methyl/N-ethyl adjacent to an activating group) is 1. The molecule has 3 amide bonds. The van der Waals surface area contributed by atoms with E-state index in [2.05, 4.69) is 16.4 Å². The summed E-state index contributed by atoms with van der Waals surface area (Å²) in [7, 11) is 1.53. The Balaban J connectivity index is 1.29. The number of hydrogen-bond donors (Lipinski definition) is 2. The lowest BCUT2D eigenvalue weighted by atomic mass is 9.97. The Labute approximate surface area is 232 Å². The van der Waals surface area contributed by atoms with Gasteiger partial charge in [0, 0.05) is 31.0 Å². The number of carbonyl (C=O) groups is 3. The molecule has 3 aromatic rings. The number of nitrogens with one attached hydrogen (secondary N) is 2. The zero-order valence-electron chi connectivity index (χ0n) is 21.3. The number of aromatic nitrogens is 1. The number of nitrogens with zero attached hydrogens (tertiary/aromatic N) is 3. The second-order valence-electron chi connectivity index (χ2n) is 10.6. The van der Waals surface area contributed by atoms with Crippen molar-refractivity contribution in [2.45, 2.75) is 43.4 Å². The van der Waals surface area contributed by atoms with E-state index in [4.69, 9.17) is 16.3 Å². The molecule has 206 valence electrons. The first-order valence-corrected chi connectivity index (χ1v) is 13.2. The molecular formula is C28H24ClF2N5O4. The molecule has 2 aliphatic heterocycles. The van der Waals surface area contributed by atoms with Crippen LogP contribution in [0.3, 0.4) is 0 Å². The molecular weight excluding hydrogens is 544 g/mol. The summed E-state index contributed by atoms with van der Waals surface area (Å²) in [5, 5.41) is 13.5. The van der Waals surface area contributed by atoms with Gasteiger partial charge in [-0.2, -0.15) is 5.26 Å². The van der Waals surface area contributed by atoms with Crippen molar-refractivity contribution in [3.63, 3.8) is 0 Å². The number of nitriles is 1. The molecule has 2 fully saturated rings. The second-order valence-corrected chi connectivity index (χ2v) is 11.0. The minimum Gasteiger partial charge on any atom is -0.473 e. The number of likely N-dealkylation sites (tertiary alicyclic amines) is 1. The van der Waals surface area contributed by atoms with Gasteiger partial charge in [-0.1, -0.05) is 36.6 Å². The minimum absolute atomic E-state index is 0.201. The number of para-hydroxylation sites is 1. The Bertz CT molecular complexity index is 1620. The van der Waals surface area contributed by atoms with Crippen molar-refractivity contribution in [2.24, 2.45) is 5.92 Å². The first-order valence-electron chi connectivity index (χ1n) is 12.8. The number of carbonyl (C=O) groups excluding carboxylic acids is 3. The number of halogens is 3. The fourth-order valence-electron chi connectivity index (χ4n) is 5.55. The second kappa shape index (κ2) is 9.48. The van der Waals surface area contributed by atoms with Gasteiger partial charge < -0.3 is 24.8 Å². The van der Waals surface area contributed by atoms with Crippen LogP contribution in [-0.4, -0.2) is 63.8 Å². The molecule has 0 unspecified atom stereocenters. The summed E-state index contributed by atoms with van der Waals surface area (Å²) in [6.07, 6.45) is 2.01. The largest absolute Gasteiger partial charge is 0.473 e. The first kappa shape index (κ1) is 26.1. The quantitative estimate of drug-likeness (QED) is 0.478. The molecule has 2 aromatic carbocycles. The Morgan fingerprint density at radius 2 is 2.08 bits per heavy atom. The third kappa shape index (κ3) is 4.32. The van der Waals surface area contributed by atoms with E-state index in [1.165, 1.54) is 16.8 Å². The maximum absolute atomic E-state index is 14.3. The van der Waals surface area contributed by atoms with Gasteiger partial charge in [-0.25, -0.2) is 8.78 Å². The number of H-pyrrole nitrogens is 1. The van der Waals surface area contributed by atoms with Gasteiger partial charge in [0.2, 0.25) is 11.5 Å². The van der Waals surface area contributed by atoms with Crippen molar-refractivity contribution in [3.8, 4) is 11.8 Å². The predicted octanol–water partition coefficient (Wildman–Crippen LogP) is 4.23. The molecule has 3 aliphatic rings. The Kier molecular flexibility index (Phi) is 6.18. The van der Waals surface area contributed by atoms with E-state index in [9.17, 15) is 28.4 Å². The summed E-state index contributed by atoms with van der Waals surface area (Å²) in [5.74, 6) is -3.54. The van der Waals surface area contributed by atoms with Crippen LogP contribution in [0.15, 0.2) is 36.4 Å². The number of benzene rings is 2. The van der Waals surface area contributed by atoms with Gasteiger partial charge in [0.25, 0.3) is 11.8 Å². The van der Waals surface area contributed by atoms with Crippen LogP contribution >= 0.6 is 11.6 Å². The van der Waals surface area contributed by atoms with Crippen molar-refractivity contribution >= 4 is 45.9 Å². The Morgan fingerprint density at radius 3 is 2.77 bits per heavy atom. The van der Waals surface area contributed by atoms with Crippen LogP contribution in [0, 0.1) is 28.9 Å². The van der Waals surface area contributed by atoms with E-state index >= 15 is 0 Å². The smallest absolute Gasteiger partial charge is 0.270 e. The molecule has 3 heterocycles. The van der Waals surface area contributed by atoms with Gasteiger partial charge in [0.15, 0.2) is 11.6 Å². The summed E-state index contributed by atoms with van der Waals surface area (Å²) < 4.78 is 34.0. The third-order valence-corrected chi connectivity index (χ3v) is 8.21. The van der Waals surface area contributed by atoms with Gasteiger partial charge in [-0.05, 0) is 24.5 Å².